The van der Waals surface area contributed by atoms with Crippen LogP contribution in [0.1, 0.15) is 12.5 Å². The van der Waals surface area contributed by atoms with Gasteiger partial charge in [0.25, 0.3) is 0 Å². The molecule has 1 aromatic carbocycles. The summed E-state index contributed by atoms with van der Waals surface area (Å²) < 4.78 is 13.8. The maximum Gasteiger partial charge on any atom is 0.143 e. The van der Waals surface area contributed by atoms with Crippen LogP contribution in [0.4, 0.5) is 4.39 Å². The van der Waals surface area contributed by atoms with Crippen LogP contribution in [0, 0.1) is 5.82 Å². The molecule has 0 aromatic heterocycles. The van der Waals surface area contributed by atoms with Crippen LogP contribution in [0.25, 0.3) is 0 Å². The lowest BCUT2D eigenvalue weighted by Gasteiger charge is -2.22. The van der Waals surface area contributed by atoms with Crippen LogP contribution in [-0.2, 0) is 5.60 Å². The third-order valence-electron chi connectivity index (χ3n) is 1.93. The summed E-state index contributed by atoms with van der Waals surface area (Å²) in [4.78, 5) is 0. The standard InChI is InChI=1S/C9H11BrFNO/c1-9(13,5-12)6-3-2-4-7(10)8(6)11/h2-4,13H,5,12H2,1H3. The van der Waals surface area contributed by atoms with Crippen molar-refractivity contribution in [1.29, 1.82) is 0 Å². The normalized spacial score (nSPS) is 15.5. The Balaban J connectivity index is 3.22. The van der Waals surface area contributed by atoms with Crippen molar-refractivity contribution in [3.05, 3.63) is 34.1 Å². The van der Waals surface area contributed by atoms with Gasteiger partial charge in [0, 0.05) is 12.1 Å². The fourth-order valence-corrected chi connectivity index (χ4v) is 1.40. The number of benzene rings is 1. The molecule has 0 aliphatic heterocycles. The van der Waals surface area contributed by atoms with E-state index in [1.807, 2.05) is 0 Å². The summed E-state index contributed by atoms with van der Waals surface area (Å²) in [5, 5.41) is 9.71. The lowest BCUT2D eigenvalue weighted by molar-refractivity contribution is 0.0628. The first-order chi connectivity index (χ1) is 5.99. The second-order valence-corrected chi connectivity index (χ2v) is 3.93. The van der Waals surface area contributed by atoms with Gasteiger partial charge in [-0.05, 0) is 28.9 Å². The summed E-state index contributed by atoms with van der Waals surface area (Å²) in [7, 11) is 0. The summed E-state index contributed by atoms with van der Waals surface area (Å²) in [6, 6.07) is 4.75. The van der Waals surface area contributed by atoms with Crippen molar-refractivity contribution in [2.75, 3.05) is 6.54 Å². The SMILES string of the molecule is CC(O)(CN)c1cccc(Br)c1F. The molecule has 1 unspecified atom stereocenters. The molecule has 0 spiro atoms. The van der Waals surface area contributed by atoms with E-state index < -0.39 is 11.4 Å². The van der Waals surface area contributed by atoms with Crippen molar-refractivity contribution in [1.82, 2.24) is 0 Å². The number of rotatable bonds is 2. The Kier molecular flexibility index (Phi) is 3.05. The maximum absolute atomic E-state index is 13.4. The van der Waals surface area contributed by atoms with Crippen LogP contribution in [0.2, 0.25) is 0 Å². The van der Waals surface area contributed by atoms with Crippen LogP contribution in [0.3, 0.4) is 0 Å². The van der Waals surface area contributed by atoms with Gasteiger partial charge in [0.2, 0.25) is 0 Å². The predicted octanol–water partition coefficient (Wildman–Crippen LogP) is 1.75. The molecule has 0 amide bonds. The maximum atomic E-state index is 13.4. The monoisotopic (exact) mass is 247 g/mol. The van der Waals surface area contributed by atoms with Gasteiger partial charge in [0.1, 0.15) is 11.4 Å². The summed E-state index contributed by atoms with van der Waals surface area (Å²) >= 11 is 3.04. The van der Waals surface area contributed by atoms with Crippen molar-refractivity contribution in [2.24, 2.45) is 5.73 Å². The highest BCUT2D eigenvalue weighted by Gasteiger charge is 2.25. The number of halogens is 2. The van der Waals surface area contributed by atoms with Crippen molar-refractivity contribution >= 4 is 15.9 Å². The van der Waals surface area contributed by atoms with Gasteiger partial charge in [0.05, 0.1) is 4.47 Å². The number of hydrogen-bond donors (Lipinski definition) is 2. The van der Waals surface area contributed by atoms with E-state index in [-0.39, 0.29) is 12.1 Å². The molecular weight excluding hydrogens is 237 g/mol. The van der Waals surface area contributed by atoms with Crippen LogP contribution < -0.4 is 5.73 Å². The zero-order valence-electron chi connectivity index (χ0n) is 7.22. The fourth-order valence-electron chi connectivity index (χ4n) is 1.03. The quantitative estimate of drug-likeness (QED) is 0.837. The lowest BCUT2D eigenvalue weighted by atomic mass is 9.96. The van der Waals surface area contributed by atoms with E-state index in [0.717, 1.165) is 0 Å². The Labute approximate surface area is 84.7 Å². The van der Waals surface area contributed by atoms with Crippen molar-refractivity contribution in [3.63, 3.8) is 0 Å². The Morgan fingerprint density at radius 1 is 1.62 bits per heavy atom. The third kappa shape index (κ3) is 2.07. The molecule has 1 aromatic rings. The van der Waals surface area contributed by atoms with Gasteiger partial charge >= 0.3 is 0 Å². The Bertz CT molecular complexity index is 314. The largest absolute Gasteiger partial charge is 0.384 e. The average Bonchev–Trinajstić information content (AvgIpc) is 2.09. The first-order valence-corrected chi connectivity index (χ1v) is 4.65. The second-order valence-electron chi connectivity index (χ2n) is 3.08. The molecule has 0 bridgehead atoms. The van der Waals surface area contributed by atoms with Crippen LogP contribution >= 0.6 is 15.9 Å². The molecular formula is C9H11BrFNO. The van der Waals surface area contributed by atoms with Gasteiger partial charge in [-0.15, -0.1) is 0 Å². The minimum atomic E-state index is -1.31. The Hall–Kier alpha value is -0.450. The highest BCUT2D eigenvalue weighted by Crippen LogP contribution is 2.26. The first-order valence-electron chi connectivity index (χ1n) is 3.86. The van der Waals surface area contributed by atoms with E-state index in [1.165, 1.54) is 13.0 Å². The number of aliphatic hydroxyl groups is 1. The van der Waals surface area contributed by atoms with Gasteiger partial charge in [-0.1, -0.05) is 12.1 Å². The summed E-state index contributed by atoms with van der Waals surface area (Å²) in [5.41, 5.74) is 4.23. The molecule has 0 heterocycles. The minimum absolute atomic E-state index is 0.0135. The van der Waals surface area contributed by atoms with Crippen molar-refractivity contribution in [2.45, 2.75) is 12.5 Å². The van der Waals surface area contributed by atoms with Gasteiger partial charge in [-0.3, -0.25) is 0 Å². The smallest absolute Gasteiger partial charge is 0.143 e. The molecule has 0 saturated carbocycles. The molecule has 1 atom stereocenters. The molecule has 0 saturated heterocycles. The molecule has 0 aliphatic rings. The van der Waals surface area contributed by atoms with Gasteiger partial charge in [-0.25, -0.2) is 4.39 Å². The molecule has 4 heteroatoms. The molecule has 72 valence electrons. The molecule has 0 fully saturated rings. The van der Waals surface area contributed by atoms with E-state index in [2.05, 4.69) is 15.9 Å². The van der Waals surface area contributed by atoms with Crippen LogP contribution in [-0.4, -0.2) is 11.7 Å². The van der Waals surface area contributed by atoms with Crippen molar-refractivity contribution < 1.29 is 9.50 Å². The van der Waals surface area contributed by atoms with E-state index in [1.54, 1.807) is 12.1 Å². The van der Waals surface area contributed by atoms with Crippen molar-refractivity contribution in [3.8, 4) is 0 Å². The lowest BCUT2D eigenvalue weighted by Crippen LogP contribution is -2.32. The number of nitrogens with two attached hydrogens (primary N) is 1. The minimum Gasteiger partial charge on any atom is -0.384 e. The van der Waals surface area contributed by atoms with E-state index in [0.29, 0.717) is 4.47 Å². The Morgan fingerprint density at radius 3 is 2.77 bits per heavy atom. The van der Waals surface area contributed by atoms with Crippen LogP contribution in [0.5, 0.6) is 0 Å². The molecule has 0 radical (unpaired) electrons. The van der Waals surface area contributed by atoms with E-state index in [9.17, 15) is 9.50 Å². The molecule has 2 nitrogen and oxygen atoms in total. The molecule has 1 rings (SSSR count). The zero-order chi connectivity index (χ0) is 10.1. The predicted molar refractivity (Wildman–Crippen MR) is 52.7 cm³/mol. The molecule has 3 N–H and O–H groups in total. The summed E-state index contributed by atoms with van der Waals surface area (Å²) in [6.07, 6.45) is 0. The van der Waals surface area contributed by atoms with Gasteiger partial charge in [-0.2, -0.15) is 0 Å². The van der Waals surface area contributed by atoms with E-state index >= 15 is 0 Å². The molecule has 0 aliphatic carbocycles. The van der Waals surface area contributed by atoms with Gasteiger partial charge in [0.15, 0.2) is 0 Å². The van der Waals surface area contributed by atoms with Gasteiger partial charge < -0.3 is 10.8 Å². The number of hydrogen-bond acceptors (Lipinski definition) is 2. The summed E-state index contributed by atoms with van der Waals surface area (Å²) in [6.45, 7) is 1.47. The highest BCUT2D eigenvalue weighted by atomic mass is 79.9. The fraction of sp³-hybridized carbons (Fsp3) is 0.333. The Morgan fingerprint density at radius 2 is 2.23 bits per heavy atom. The first kappa shape index (κ1) is 10.6. The van der Waals surface area contributed by atoms with E-state index in [4.69, 9.17) is 5.73 Å². The summed E-state index contributed by atoms with van der Waals surface area (Å²) in [5.74, 6) is -0.460. The third-order valence-corrected chi connectivity index (χ3v) is 2.54. The molecule has 13 heavy (non-hydrogen) atoms. The highest BCUT2D eigenvalue weighted by molar-refractivity contribution is 9.10. The zero-order valence-corrected chi connectivity index (χ0v) is 8.81. The van der Waals surface area contributed by atoms with Crippen LogP contribution in [0.15, 0.2) is 22.7 Å². The second kappa shape index (κ2) is 3.74. The topological polar surface area (TPSA) is 46.2 Å². The average molecular weight is 248 g/mol.